The number of isocyanates is 2. The molecule has 888 valence electrons. The number of aliphatic hydroxyl groups is 2. The maximum absolute atomic E-state index is 12.5. The number of halogens is 32. The third-order valence-electron chi connectivity index (χ3n) is 17.2. The maximum atomic E-state index is 12.5. The fourth-order valence-electron chi connectivity index (χ4n) is 14.2. The van der Waals surface area contributed by atoms with Crippen LogP contribution in [0.5, 0.6) is 0 Å². The molecule has 146 heavy (non-hydrogen) atoms. The first kappa shape index (κ1) is 179. The van der Waals surface area contributed by atoms with E-state index in [0.717, 1.165) is 70.6 Å². The molecule has 0 heterocycles. The summed E-state index contributed by atoms with van der Waals surface area (Å²) in [5.74, 6) is -0.0593. The summed E-state index contributed by atoms with van der Waals surface area (Å²) >= 11 is 4.12. The van der Waals surface area contributed by atoms with Crippen molar-refractivity contribution in [3.8, 4) is 12.5 Å². The first-order valence-electron chi connectivity index (χ1n) is 37.8. The van der Waals surface area contributed by atoms with E-state index in [9.17, 15) is 161 Å². The van der Waals surface area contributed by atoms with Crippen LogP contribution >= 0.6 is 47.9 Å². The van der Waals surface area contributed by atoms with E-state index < -0.39 is 144 Å². The molecule has 6 N–H and O–H groups in total. The van der Waals surface area contributed by atoms with Gasteiger partial charge >= 0.3 is 79.9 Å². The van der Waals surface area contributed by atoms with E-state index in [4.69, 9.17) is 31.5 Å². The van der Waals surface area contributed by atoms with Gasteiger partial charge < -0.3 is 59.9 Å². The second-order valence-electron chi connectivity index (χ2n) is 32.1. The summed E-state index contributed by atoms with van der Waals surface area (Å²) in [6.07, 6.45) is -42.5. The number of ether oxygens (including phenoxy) is 13. The Morgan fingerprint density at radius 2 is 0.801 bits per heavy atom. The molecule has 0 aromatic rings. The Labute approximate surface area is 865 Å². The largest absolute Gasteiger partial charge is 0.492 e. The highest BCUT2D eigenvalue weighted by atomic mass is 127. The van der Waals surface area contributed by atoms with Crippen molar-refractivity contribution in [1.82, 2.24) is 21.3 Å². The van der Waals surface area contributed by atoms with Crippen LogP contribution in [0.15, 0.2) is 9.98 Å². The average Bonchev–Trinajstić information content (AvgIpc) is 0.780. The van der Waals surface area contributed by atoms with Crippen LogP contribution in [0.25, 0.3) is 0 Å². The Morgan fingerprint density at radius 3 is 1.14 bits per heavy atom. The molecule has 8 atom stereocenters. The van der Waals surface area contributed by atoms with Crippen molar-refractivity contribution in [3.63, 3.8) is 0 Å². The lowest BCUT2D eigenvalue weighted by Gasteiger charge is -2.50. The Balaban J connectivity index is -0.0000000800. The fourth-order valence-corrected chi connectivity index (χ4v) is 14.2. The first-order chi connectivity index (χ1) is 61.3. The van der Waals surface area contributed by atoms with Crippen LogP contribution in [0, 0.1) is 60.9 Å². The van der Waals surface area contributed by atoms with Gasteiger partial charge in [-0.05, 0) is 175 Å². The monoisotopic (exact) mass is 2470 g/mol. The van der Waals surface area contributed by atoms with Gasteiger partial charge in [-0.15, -0.1) is 36.2 Å². The number of aliphatic imine (C=N–C) groups is 2. The van der Waals surface area contributed by atoms with E-state index >= 15 is 0 Å². The number of amides is 4. The molecule has 0 aliphatic heterocycles. The Morgan fingerprint density at radius 1 is 0.452 bits per heavy atom. The molecular weight excluding hydrogens is 2320 g/mol. The van der Waals surface area contributed by atoms with Crippen LogP contribution in [-0.4, -0.2) is 241 Å². The minimum Gasteiger partial charge on any atom is -0.447 e. The summed E-state index contributed by atoms with van der Waals surface area (Å²) in [5.41, 5.74) is -0.849. The van der Waals surface area contributed by atoms with Gasteiger partial charge in [-0.3, -0.25) is 19.0 Å². The van der Waals surface area contributed by atoms with E-state index in [-0.39, 0.29) is 171 Å². The fraction of sp³-hybridized carbons (Fsp3) is 0.902. The zero-order valence-electron chi connectivity index (χ0n) is 74.3. The second kappa shape index (κ2) is 84.4. The molecule has 4 aliphatic rings. The van der Waals surface area contributed by atoms with E-state index in [0.29, 0.717) is 39.0 Å². The van der Waals surface area contributed by atoms with Crippen LogP contribution in [0.4, 0.5) is 146 Å². The summed E-state index contributed by atoms with van der Waals surface area (Å²) in [5, 5.41) is 43.0. The molecule has 4 fully saturated rings. The Bertz CT molecular complexity index is 3510. The maximum Gasteiger partial charge on any atom is 0.492 e. The first-order valence-corrected chi connectivity index (χ1v) is 43.9. The van der Waals surface area contributed by atoms with Crippen LogP contribution in [0.2, 0.25) is 0 Å². The van der Waals surface area contributed by atoms with Crippen LogP contribution < -0.4 is 21.3 Å². The molecule has 0 saturated heterocycles. The van der Waals surface area contributed by atoms with Crippen molar-refractivity contribution < 1.29 is 242 Å². The van der Waals surface area contributed by atoms with Crippen molar-refractivity contribution in [1.29, 1.82) is 11.8 Å². The van der Waals surface area contributed by atoms with Crippen LogP contribution in [0.3, 0.4) is 0 Å². The normalized spacial score (nSPS) is 20.7. The molecule has 64 heteroatoms. The number of nitrogens with zero attached hydrogens (tertiary/aromatic N) is 4. The van der Waals surface area contributed by atoms with Crippen molar-refractivity contribution in [2.75, 3.05) is 108 Å². The number of hydrogen-bond donors (Lipinski definition) is 6. The SMILES string of the molecule is C.C.C.C.C.C.C.C.C.C.C.C.CC(=O)NCC1(C)CC(NC(=O)OCF)CC(C)(C)C1.CC1(C)CC(C)(CNC(=O)OCCF)CC(C)(OC#N)C1.CC1(C)CC(OC#N)CC(C)(CN=C=O)C1.CC1(CN=C=O)CCCC(NC(=O)OCF)C1.COCCF.FCOC(F)(F)OC(F)(F)C(F)(F)OF.FCOC(F)(F)OC(F)(F)C(F)(F)OF.OCC(F)(F)OC(F)(F)C(F)(F)OC(F)(F)OCF.OCF.[2H]P(I)I. The topological polar surface area (TPSA) is 402 Å². The standard InChI is InChI=1S/C15H25FN2O3.C14H25FN2O3.C12H18N2O2.C11H17FN2O3.C6H5F9O4.2C4H2F8O3.C3H7FO.CH3FO.12CH4.HI2P/c1-13(2)7-14(3,9-15(4,8-13)21-11-17)10-18-12(19)20-6-5-16;1-10(18)16-8-14(4)6-11(5-13(2,3)7-14)17-12(19)20-9-15;1-11(2)4-10(16-8-13)5-12(3,6-11)7-14-9-15;1-11(6-13-8-15)4-2-3-9(5-11)14-10(16)17-7-12;7-2-17-6(14,15)19-5(12,13)4(10,11)18-3(8,9)1-16;2*5-1-13-4(10,11)14-2(6,7)3(8,9)15-12;1-5-3-2-4;2-1-3;;;;;;;;;;;;;1-3-2/h5-10H2,1-4H3,(H,18,19);11H,5-9H2,1-4H3,(H,16,18)(H,17,19);10H,4-7H2,1-3H3;9H,2-7H2,1H3,(H,14,16);16H,1-2H2;2*1H2;2-3H2,1H3;3H,1H2;12*1H4;3H/i;;;;;;;;;;;;;;;;;;;;;3D. The van der Waals surface area contributed by atoms with Crippen molar-refractivity contribution in [2.24, 2.45) is 47.9 Å². The number of nitriles is 2. The summed E-state index contributed by atoms with van der Waals surface area (Å²) in [4.78, 5) is 75.4. The van der Waals surface area contributed by atoms with E-state index in [1.165, 1.54) is 30.0 Å². The molecule has 0 aromatic carbocycles. The van der Waals surface area contributed by atoms with Gasteiger partial charge in [0.15, 0.2) is 27.4 Å². The van der Waals surface area contributed by atoms with Gasteiger partial charge in [-0.2, -0.15) is 72.0 Å². The summed E-state index contributed by atoms with van der Waals surface area (Å²) in [6.45, 7) is 12.4. The van der Waals surface area contributed by atoms with E-state index in [1.807, 2.05) is 13.8 Å². The molecule has 8 unspecified atom stereocenters. The van der Waals surface area contributed by atoms with E-state index in [1.54, 1.807) is 18.6 Å². The number of alkyl carbamates (subject to hydrolysis) is 3. The van der Waals surface area contributed by atoms with Gasteiger partial charge in [-0.25, -0.2) is 88.0 Å². The second-order valence-corrected chi connectivity index (χ2v) is 40.7. The minimum atomic E-state index is -6.30. The predicted octanol–water partition coefficient (Wildman–Crippen LogP) is 27.8. The number of carbonyl (C=O) groups excluding carboxylic acids is 6. The molecule has 4 saturated carbocycles. The number of carbonyl (C=O) groups is 4. The molecule has 4 rings (SSSR count). The number of nitrogens with one attached hydrogen (secondary N) is 4. The van der Waals surface area contributed by atoms with Crippen molar-refractivity contribution >= 4 is 84.2 Å². The summed E-state index contributed by atoms with van der Waals surface area (Å²) in [6, 6.07) is -0.119. The quantitative estimate of drug-likeness (QED) is 0.00489. The lowest BCUT2D eigenvalue weighted by atomic mass is 9.59. The molecule has 0 spiro atoms. The molecule has 0 aromatic heterocycles. The highest BCUT2D eigenvalue weighted by molar-refractivity contribution is 14.3. The number of rotatable bonds is 38. The van der Waals surface area contributed by atoms with Gasteiger partial charge in [-0.1, -0.05) is 165 Å². The van der Waals surface area contributed by atoms with Gasteiger partial charge in [0.2, 0.25) is 31.8 Å². The van der Waals surface area contributed by atoms with Gasteiger partial charge in [0.1, 0.15) is 38.3 Å². The average molecular weight is 2470 g/mol. The third-order valence-corrected chi connectivity index (χ3v) is 17.2. The van der Waals surface area contributed by atoms with E-state index in [2.05, 4.69) is 190 Å². The molecular formula is C82H153F30I2N8O23P. The van der Waals surface area contributed by atoms with Crippen molar-refractivity contribution in [2.45, 2.75) is 341 Å². The zero-order chi connectivity index (χ0) is 107. The smallest absolute Gasteiger partial charge is 0.447 e. The van der Waals surface area contributed by atoms with Gasteiger partial charge in [0.25, 0.3) is 12.5 Å². The molecule has 31 nitrogen and oxygen atoms in total. The highest BCUT2D eigenvalue weighted by Crippen LogP contribution is 2.53. The lowest BCUT2D eigenvalue weighted by Crippen LogP contribution is -2.52. The molecule has 0 radical (unpaired) electrons. The van der Waals surface area contributed by atoms with Gasteiger partial charge in [0, 0.05) is 43.0 Å². The summed E-state index contributed by atoms with van der Waals surface area (Å²) in [7, 11) is 1.47. The predicted molar refractivity (Wildman–Crippen MR) is 498 cm³/mol. The van der Waals surface area contributed by atoms with Crippen LogP contribution in [-0.2, 0) is 85.8 Å². The molecule has 4 aliphatic carbocycles. The third kappa shape index (κ3) is 82.6. The number of methoxy groups -OCH3 is 1. The van der Waals surface area contributed by atoms with Crippen LogP contribution in [0.1, 0.15) is 256 Å². The summed E-state index contributed by atoms with van der Waals surface area (Å²) < 4.78 is 403. The molecule has 4 amide bonds. The number of aliphatic hydroxyl groups excluding tert-OH is 2. The van der Waals surface area contributed by atoms with Gasteiger partial charge in [0.05, 0.1) is 21.0 Å². The molecule has 0 bridgehead atoms. The Kier molecular flexibility index (Phi) is 103. The van der Waals surface area contributed by atoms with Crippen molar-refractivity contribution in [3.05, 3.63) is 0 Å². The highest BCUT2D eigenvalue weighted by Gasteiger charge is 2.69. The number of hydrogen-bond acceptors (Lipinski definition) is 27. The minimum absolute atomic E-state index is 0. The Hall–Kier alpha value is -6.07. The zero-order valence-corrected chi connectivity index (χ0v) is 78.5. The lowest BCUT2D eigenvalue weighted by molar-refractivity contribution is -0.548. The number of alkyl halides is 28.